The zero-order valence-corrected chi connectivity index (χ0v) is 16.5. The summed E-state index contributed by atoms with van der Waals surface area (Å²) in [4.78, 5) is 20.2. The van der Waals surface area contributed by atoms with Crippen LogP contribution in [-0.2, 0) is 11.3 Å². The van der Waals surface area contributed by atoms with Crippen LogP contribution in [0.15, 0.2) is 79.4 Å². The lowest BCUT2D eigenvalue weighted by Gasteiger charge is -2.07. The first-order valence-corrected chi connectivity index (χ1v) is 9.66. The zero-order valence-electron chi connectivity index (χ0n) is 16.5. The Labute approximate surface area is 174 Å². The standard InChI is InChI=1S/C23H21N5O2/c1-2-30-23(29)18-8-9-21(25-14-18)26-15-19-16-28(20-6-4-3-5-7-20)27-22(19)17-10-12-24-13-11-17/h3-14,16H,2,15H2,1H3,(H,25,26). The Balaban J connectivity index is 1.57. The maximum atomic E-state index is 11.8. The van der Waals surface area contributed by atoms with Gasteiger partial charge < -0.3 is 10.1 Å². The van der Waals surface area contributed by atoms with Crippen molar-refractivity contribution in [3.63, 3.8) is 0 Å². The summed E-state index contributed by atoms with van der Waals surface area (Å²) in [5.41, 5.74) is 4.29. The monoisotopic (exact) mass is 399 g/mol. The van der Waals surface area contributed by atoms with Gasteiger partial charge in [-0.25, -0.2) is 14.5 Å². The first-order chi connectivity index (χ1) is 14.7. The van der Waals surface area contributed by atoms with Crippen LogP contribution >= 0.6 is 0 Å². The molecule has 0 aliphatic carbocycles. The van der Waals surface area contributed by atoms with Crippen molar-refractivity contribution in [3.05, 3.63) is 90.5 Å². The number of para-hydroxylation sites is 1. The molecule has 0 bridgehead atoms. The summed E-state index contributed by atoms with van der Waals surface area (Å²) in [6.07, 6.45) is 7.02. The van der Waals surface area contributed by atoms with Crippen molar-refractivity contribution in [1.82, 2.24) is 19.7 Å². The second kappa shape index (κ2) is 9.00. The van der Waals surface area contributed by atoms with E-state index in [1.165, 1.54) is 6.20 Å². The van der Waals surface area contributed by atoms with Gasteiger partial charge >= 0.3 is 5.97 Å². The van der Waals surface area contributed by atoms with Gasteiger partial charge in [-0.3, -0.25) is 4.98 Å². The van der Waals surface area contributed by atoms with Crippen LogP contribution in [0.1, 0.15) is 22.8 Å². The van der Waals surface area contributed by atoms with E-state index in [0.29, 0.717) is 24.5 Å². The third kappa shape index (κ3) is 4.35. The Kier molecular flexibility index (Phi) is 5.80. The van der Waals surface area contributed by atoms with Crippen molar-refractivity contribution in [1.29, 1.82) is 0 Å². The van der Waals surface area contributed by atoms with Gasteiger partial charge in [0.2, 0.25) is 0 Å². The highest BCUT2D eigenvalue weighted by atomic mass is 16.5. The fraction of sp³-hybridized carbons (Fsp3) is 0.130. The Bertz CT molecular complexity index is 1110. The number of ether oxygens (including phenoxy) is 1. The number of hydrogen-bond donors (Lipinski definition) is 1. The molecule has 0 amide bonds. The van der Waals surface area contributed by atoms with Crippen LogP contribution in [0.25, 0.3) is 16.9 Å². The molecule has 3 aromatic heterocycles. The van der Waals surface area contributed by atoms with E-state index >= 15 is 0 Å². The fourth-order valence-electron chi connectivity index (χ4n) is 3.02. The van der Waals surface area contributed by atoms with Gasteiger partial charge in [0.15, 0.2) is 0 Å². The van der Waals surface area contributed by atoms with Crippen molar-refractivity contribution in [2.45, 2.75) is 13.5 Å². The molecule has 7 heteroatoms. The van der Waals surface area contributed by atoms with Crippen molar-refractivity contribution in [2.24, 2.45) is 0 Å². The summed E-state index contributed by atoms with van der Waals surface area (Å²) >= 11 is 0. The summed E-state index contributed by atoms with van der Waals surface area (Å²) < 4.78 is 6.86. The molecule has 0 fully saturated rings. The lowest BCUT2D eigenvalue weighted by atomic mass is 10.1. The minimum Gasteiger partial charge on any atom is -0.462 e. The van der Waals surface area contributed by atoms with E-state index in [1.54, 1.807) is 31.5 Å². The fourth-order valence-corrected chi connectivity index (χ4v) is 3.02. The molecule has 0 spiro atoms. The van der Waals surface area contributed by atoms with Gasteiger partial charge in [0, 0.05) is 42.5 Å². The van der Waals surface area contributed by atoms with Crippen molar-refractivity contribution < 1.29 is 9.53 Å². The molecular formula is C23H21N5O2. The molecule has 150 valence electrons. The summed E-state index contributed by atoms with van der Waals surface area (Å²) in [6, 6.07) is 17.3. The molecule has 4 aromatic rings. The van der Waals surface area contributed by atoms with Gasteiger partial charge in [-0.1, -0.05) is 18.2 Å². The average Bonchev–Trinajstić information content (AvgIpc) is 3.24. The van der Waals surface area contributed by atoms with E-state index in [0.717, 1.165) is 22.5 Å². The molecule has 4 rings (SSSR count). The van der Waals surface area contributed by atoms with Gasteiger partial charge in [0.05, 0.1) is 23.6 Å². The number of nitrogens with one attached hydrogen (secondary N) is 1. The van der Waals surface area contributed by atoms with Crippen molar-refractivity contribution >= 4 is 11.8 Å². The minimum absolute atomic E-state index is 0.335. The molecule has 0 aliphatic heterocycles. The molecule has 0 radical (unpaired) electrons. The number of esters is 1. The van der Waals surface area contributed by atoms with Crippen LogP contribution in [0.4, 0.5) is 5.82 Å². The van der Waals surface area contributed by atoms with Gasteiger partial charge in [-0.15, -0.1) is 0 Å². The zero-order chi connectivity index (χ0) is 20.8. The molecule has 0 atom stereocenters. The molecule has 0 unspecified atom stereocenters. The number of carbonyl (C=O) groups is 1. The summed E-state index contributed by atoms with van der Waals surface area (Å²) in [5.74, 6) is 0.289. The smallest absolute Gasteiger partial charge is 0.339 e. The SMILES string of the molecule is CCOC(=O)c1ccc(NCc2cn(-c3ccccc3)nc2-c2ccncc2)nc1. The molecule has 0 saturated heterocycles. The molecular weight excluding hydrogens is 378 g/mol. The van der Waals surface area contributed by atoms with Crippen LogP contribution in [0.2, 0.25) is 0 Å². The van der Waals surface area contributed by atoms with E-state index in [-0.39, 0.29) is 5.97 Å². The number of rotatable bonds is 7. The number of nitrogens with zero attached hydrogens (tertiary/aromatic N) is 4. The van der Waals surface area contributed by atoms with Crippen LogP contribution in [0, 0.1) is 0 Å². The maximum Gasteiger partial charge on any atom is 0.339 e. The average molecular weight is 399 g/mol. The first-order valence-electron chi connectivity index (χ1n) is 9.66. The number of pyridine rings is 2. The van der Waals surface area contributed by atoms with Crippen molar-refractivity contribution in [2.75, 3.05) is 11.9 Å². The predicted octanol–water partition coefficient (Wildman–Crippen LogP) is 4.12. The van der Waals surface area contributed by atoms with E-state index in [9.17, 15) is 4.79 Å². The summed E-state index contributed by atoms with van der Waals surface area (Å²) in [6.45, 7) is 2.63. The van der Waals surface area contributed by atoms with E-state index in [4.69, 9.17) is 9.84 Å². The molecule has 30 heavy (non-hydrogen) atoms. The Morgan fingerprint density at radius 3 is 2.57 bits per heavy atom. The van der Waals surface area contributed by atoms with Crippen LogP contribution in [0.3, 0.4) is 0 Å². The largest absolute Gasteiger partial charge is 0.462 e. The quantitative estimate of drug-likeness (QED) is 0.471. The minimum atomic E-state index is -0.374. The Morgan fingerprint density at radius 1 is 1.07 bits per heavy atom. The van der Waals surface area contributed by atoms with Gasteiger partial charge in [-0.2, -0.15) is 5.10 Å². The molecule has 0 aliphatic rings. The second-order valence-corrected chi connectivity index (χ2v) is 6.53. The highest BCUT2D eigenvalue weighted by Crippen LogP contribution is 2.24. The van der Waals surface area contributed by atoms with Gasteiger partial charge in [-0.05, 0) is 43.3 Å². The van der Waals surface area contributed by atoms with E-state index in [1.807, 2.05) is 53.3 Å². The van der Waals surface area contributed by atoms with Crippen molar-refractivity contribution in [3.8, 4) is 16.9 Å². The van der Waals surface area contributed by atoms with Crippen LogP contribution < -0.4 is 5.32 Å². The second-order valence-electron chi connectivity index (χ2n) is 6.53. The molecule has 1 N–H and O–H groups in total. The molecule has 1 aromatic carbocycles. The van der Waals surface area contributed by atoms with E-state index in [2.05, 4.69) is 15.3 Å². The summed E-state index contributed by atoms with van der Waals surface area (Å²) in [5, 5.41) is 8.09. The number of benzene rings is 1. The van der Waals surface area contributed by atoms with E-state index < -0.39 is 0 Å². The molecule has 7 nitrogen and oxygen atoms in total. The summed E-state index contributed by atoms with van der Waals surface area (Å²) in [7, 11) is 0. The van der Waals surface area contributed by atoms with Gasteiger partial charge in [0.25, 0.3) is 0 Å². The third-order valence-electron chi connectivity index (χ3n) is 4.50. The highest BCUT2D eigenvalue weighted by Gasteiger charge is 2.13. The van der Waals surface area contributed by atoms with Gasteiger partial charge in [0.1, 0.15) is 5.82 Å². The van der Waals surface area contributed by atoms with Crippen LogP contribution in [0.5, 0.6) is 0 Å². The maximum absolute atomic E-state index is 11.8. The number of anilines is 1. The first kappa shape index (κ1) is 19.3. The lowest BCUT2D eigenvalue weighted by molar-refractivity contribution is 0.0526. The lowest BCUT2D eigenvalue weighted by Crippen LogP contribution is -2.06. The number of hydrogen-bond acceptors (Lipinski definition) is 6. The van der Waals surface area contributed by atoms with Crippen LogP contribution in [-0.4, -0.2) is 32.3 Å². The molecule has 0 saturated carbocycles. The molecule has 3 heterocycles. The number of carbonyl (C=O) groups excluding carboxylic acids is 1. The number of aromatic nitrogens is 4. The Morgan fingerprint density at radius 2 is 1.87 bits per heavy atom. The topological polar surface area (TPSA) is 81.9 Å². The highest BCUT2D eigenvalue weighted by molar-refractivity contribution is 5.89. The third-order valence-corrected chi connectivity index (χ3v) is 4.50. The Hall–Kier alpha value is -4.00. The normalized spacial score (nSPS) is 10.6. The predicted molar refractivity (Wildman–Crippen MR) is 114 cm³/mol.